The lowest BCUT2D eigenvalue weighted by molar-refractivity contribution is -0.196. The number of fused-ring (bicyclic) bond motifs is 3. The van der Waals surface area contributed by atoms with Gasteiger partial charge in [-0.05, 0) is 45.9 Å². The molecule has 1 aromatic heterocycles. The molecule has 1 unspecified atom stereocenters. The molecule has 1 N–H and O–H groups in total. The topological polar surface area (TPSA) is 79.7 Å². The lowest BCUT2D eigenvalue weighted by atomic mass is 9.98. The number of hydrogen-bond acceptors (Lipinski definition) is 4. The van der Waals surface area contributed by atoms with Gasteiger partial charge in [-0.3, -0.25) is 14.6 Å². The van der Waals surface area contributed by atoms with E-state index in [1.165, 1.54) is 5.56 Å². The highest BCUT2D eigenvalue weighted by molar-refractivity contribution is 5.79. The Morgan fingerprint density at radius 2 is 1.57 bits per heavy atom. The van der Waals surface area contributed by atoms with Crippen LogP contribution in [0.5, 0.6) is 0 Å². The summed E-state index contributed by atoms with van der Waals surface area (Å²) in [5, 5.41) is 10.9. The van der Waals surface area contributed by atoms with Gasteiger partial charge in [0.2, 0.25) is 6.41 Å². The Labute approximate surface area is 216 Å². The first-order chi connectivity index (χ1) is 18.1. The van der Waals surface area contributed by atoms with Crippen LogP contribution in [0.1, 0.15) is 35.1 Å². The summed E-state index contributed by atoms with van der Waals surface area (Å²) < 4.78 is 0. The SMILES string of the molecule is CCc1ccccc1-c1ccc(CC(C(=O)O)N(C=O)OCC2c3ccccc3-c3ccccc32)cn1. The van der Waals surface area contributed by atoms with E-state index in [1.54, 1.807) is 6.20 Å². The van der Waals surface area contributed by atoms with E-state index in [0.29, 0.717) is 12.0 Å². The normalized spacial score (nSPS) is 13.0. The van der Waals surface area contributed by atoms with Crippen molar-refractivity contribution in [2.45, 2.75) is 31.7 Å². The van der Waals surface area contributed by atoms with Crippen LogP contribution in [0.15, 0.2) is 91.1 Å². The third-order valence-electron chi connectivity index (χ3n) is 6.98. The zero-order valence-electron chi connectivity index (χ0n) is 20.6. The molecule has 37 heavy (non-hydrogen) atoms. The van der Waals surface area contributed by atoms with Gasteiger partial charge < -0.3 is 5.11 Å². The van der Waals surface area contributed by atoms with Crippen molar-refractivity contribution in [2.24, 2.45) is 0 Å². The highest BCUT2D eigenvalue weighted by Gasteiger charge is 2.31. The van der Waals surface area contributed by atoms with Gasteiger partial charge in [0.15, 0.2) is 6.04 Å². The van der Waals surface area contributed by atoms with Crippen LogP contribution >= 0.6 is 0 Å². The number of pyridine rings is 1. The third-order valence-corrected chi connectivity index (χ3v) is 6.98. The number of carbonyl (C=O) groups is 2. The average Bonchev–Trinajstić information content (AvgIpc) is 3.26. The van der Waals surface area contributed by atoms with E-state index < -0.39 is 12.0 Å². The van der Waals surface area contributed by atoms with Crippen molar-refractivity contribution in [1.29, 1.82) is 0 Å². The van der Waals surface area contributed by atoms with Gasteiger partial charge in [-0.2, -0.15) is 0 Å². The van der Waals surface area contributed by atoms with E-state index in [1.807, 2.05) is 66.7 Å². The zero-order valence-corrected chi connectivity index (χ0v) is 20.6. The number of carboxylic acids is 1. The number of aromatic nitrogens is 1. The molecular formula is C31H28N2O4. The van der Waals surface area contributed by atoms with E-state index in [4.69, 9.17) is 4.84 Å². The van der Waals surface area contributed by atoms with Gasteiger partial charge >= 0.3 is 5.97 Å². The second-order valence-electron chi connectivity index (χ2n) is 9.11. The van der Waals surface area contributed by atoms with Gasteiger partial charge in [0, 0.05) is 24.1 Å². The van der Waals surface area contributed by atoms with Crippen molar-refractivity contribution in [2.75, 3.05) is 6.61 Å². The molecule has 1 amide bonds. The lowest BCUT2D eigenvalue weighted by Crippen LogP contribution is -2.42. The zero-order chi connectivity index (χ0) is 25.8. The van der Waals surface area contributed by atoms with Crippen LogP contribution < -0.4 is 0 Å². The second-order valence-corrected chi connectivity index (χ2v) is 9.11. The first-order valence-corrected chi connectivity index (χ1v) is 12.4. The van der Waals surface area contributed by atoms with Crippen molar-refractivity contribution in [1.82, 2.24) is 10.0 Å². The molecule has 1 heterocycles. The fourth-order valence-corrected chi connectivity index (χ4v) is 5.09. The van der Waals surface area contributed by atoms with E-state index >= 15 is 0 Å². The summed E-state index contributed by atoms with van der Waals surface area (Å²) in [7, 11) is 0. The maximum Gasteiger partial charge on any atom is 0.329 e. The van der Waals surface area contributed by atoms with Gasteiger partial charge in [-0.15, -0.1) is 0 Å². The molecule has 186 valence electrons. The Kier molecular flexibility index (Phi) is 7.10. The number of hydroxylamine groups is 2. The molecule has 0 radical (unpaired) electrons. The number of benzene rings is 3. The van der Waals surface area contributed by atoms with Gasteiger partial charge in [-0.25, -0.2) is 9.86 Å². The summed E-state index contributed by atoms with van der Waals surface area (Å²) in [6, 6.07) is 26.8. The summed E-state index contributed by atoms with van der Waals surface area (Å²) in [5.41, 5.74) is 8.27. The quantitative estimate of drug-likeness (QED) is 0.233. The van der Waals surface area contributed by atoms with E-state index in [9.17, 15) is 14.7 Å². The van der Waals surface area contributed by atoms with E-state index in [0.717, 1.165) is 45.0 Å². The fraction of sp³-hybridized carbons (Fsp3) is 0.194. The van der Waals surface area contributed by atoms with Crippen LogP contribution in [-0.2, 0) is 27.3 Å². The predicted octanol–water partition coefficient (Wildman–Crippen LogP) is 5.51. The number of amides is 1. The van der Waals surface area contributed by atoms with Gasteiger partial charge in [-0.1, -0.05) is 85.8 Å². The monoisotopic (exact) mass is 492 g/mol. The molecule has 3 aromatic carbocycles. The molecule has 0 saturated heterocycles. The second kappa shape index (κ2) is 10.8. The summed E-state index contributed by atoms with van der Waals surface area (Å²) in [6.45, 7) is 2.25. The van der Waals surface area contributed by atoms with Gasteiger partial charge in [0.1, 0.15) is 0 Å². The van der Waals surface area contributed by atoms with Crippen LogP contribution in [0.2, 0.25) is 0 Å². The number of carboxylic acid groups (broad SMARTS) is 1. The summed E-state index contributed by atoms with van der Waals surface area (Å²) in [6.07, 6.45) is 3.09. The van der Waals surface area contributed by atoms with Crippen molar-refractivity contribution in [3.05, 3.63) is 113 Å². The average molecular weight is 493 g/mol. The molecular weight excluding hydrogens is 464 g/mol. The minimum absolute atomic E-state index is 0.0780. The molecule has 1 atom stereocenters. The van der Waals surface area contributed by atoms with Crippen LogP contribution in [0, 0.1) is 0 Å². The number of carbonyl (C=O) groups excluding carboxylic acids is 1. The molecule has 0 fully saturated rings. The van der Waals surface area contributed by atoms with Crippen molar-refractivity contribution in [3.63, 3.8) is 0 Å². The summed E-state index contributed by atoms with van der Waals surface area (Å²) in [4.78, 5) is 34.6. The highest BCUT2D eigenvalue weighted by Crippen LogP contribution is 2.44. The number of hydrogen-bond donors (Lipinski definition) is 1. The Morgan fingerprint density at radius 1 is 0.946 bits per heavy atom. The Hall–Kier alpha value is -4.29. The highest BCUT2D eigenvalue weighted by atomic mass is 16.7. The first-order valence-electron chi connectivity index (χ1n) is 12.4. The smallest absolute Gasteiger partial charge is 0.329 e. The number of rotatable bonds is 10. The summed E-state index contributed by atoms with van der Waals surface area (Å²) in [5.74, 6) is -1.23. The Balaban J connectivity index is 1.32. The molecule has 6 nitrogen and oxygen atoms in total. The molecule has 0 spiro atoms. The van der Waals surface area contributed by atoms with Crippen LogP contribution in [0.25, 0.3) is 22.4 Å². The lowest BCUT2D eigenvalue weighted by Gasteiger charge is -2.26. The van der Waals surface area contributed by atoms with Crippen molar-refractivity contribution in [3.8, 4) is 22.4 Å². The number of nitrogens with zero attached hydrogens (tertiary/aromatic N) is 2. The molecule has 0 saturated carbocycles. The maximum absolute atomic E-state index is 12.2. The van der Waals surface area contributed by atoms with Crippen LogP contribution in [0.4, 0.5) is 0 Å². The van der Waals surface area contributed by atoms with Gasteiger partial charge in [0.05, 0.1) is 12.3 Å². The molecule has 0 bridgehead atoms. The molecule has 6 heteroatoms. The fourth-order valence-electron chi connectivity index (χ4n) is 5.09. The predicted molar refractivity (Wildman–Crippen MR) is 142 cm³/mol. The van der Waals surface area contributed by atoms with Crippen LogP contribution in [0.3, 0.4) is 0 Å². The molecule has 4 aromatic rings. The largest absolute Gasteiger partial charge is 0.480 e. The van der Waals surface area contributed by atoms with Gasteiger partial charge in [0.25, 0.3) is 0 Å². The minimum atomic E-state index is -1.18. The third kappa shape index (κ3) is 4.88. The Bertz CT molecular complexity index is 1370. The van der Waals surface area contributed by atoms with E-state index in [-0.39, 0.29) is 18.9 Å². The molecule has 1 aliphatic rings. The minimum Gasteiger partial charge on any atom is -0.480 e. The molecule has 0 aliphatic heterocycles. The standard InChI is InChI=1S/C31H28N2O4/c1-2-22-9-3-4-10-23(22)29-16-15-21(18-32-29)17-30(31(35)36)33(20-34)37-19-28-26-13-7-5-11-24(26)25-12-6-8-14-27(25)28/h3-16,18,20,28,30H,2,17,19H2,1H3,(H,35,36). The summed E-state index contributed by atoms with van der Waals surface area (Å²) >= 11 is 0. The van der Waals surface area contributed by atoms with Crippen molar-refractivity contribution >= 4 is 12.4 Å². The Morgan fingerprint density at radius 3 is 2.14 bits per heavy atom. The first kappa shape index (κ1) is 24.4. The number of aryl methyl sites for hydroxylation is 1. The van der Waals surface area contributed by atoms with Crippen molar-refractivity contribution < 1.29 is 19.5 Å². The number of aliphatic carboxylic acids is 1. The van der Waals surface area contributed by atoms with Crippen LogP contribution in [-0.4, -0.2) is 40.2 Å². The maximum atomic E-state index is 12.2. The van der Waals surface area contributed by atoms with E-state index in [2.05, 4.69) is 30.1 Å². The molecule has 5 rings (SSSR count). The molecule has 1 aliphatic carbocycles.